The smallest absolute Gasteiger partial charge is 0.339 e. The van der Waals surface area contributed by atoms with Gasteiger partial charge in [-0.2, -0.15) is 0 Å². The zero-order valence-electron chi connectivity index (χ0n) is 15.2. The normalized spacial score (nSPS) is 13.4. The van der Waals surface area contributed by atoms with Gasteiger partial charge in [-0.3, -0.25) is 4.79 Å². The fraction of sp³-hybridized carbons (Fsp3) is 0.217. The summed E-state index contributed by atoms with van der Waals surface area (Å²) in [7, 11) is 0. The lowest BCUT2D eigenvalue weighted by Gasteiger charge is -2.17. The van der Waals surface area contributed by atoms with E-state index in [1.54, 1.807) is 12.1 Å². The Hall–Kier alpha value is -3.14. The summed E-state index contributed by atoms with van der Waals surface area (Å²) in [6, 6.07) is 19.0. The van der Waals surface area contributed by atoms with E-state index in [0.717, 1.165) is 23.6 Å². The van der Waals surface area contributed by atoms with Crippen molar-refractivity contribution in [3.05, 3.63) is 77.4 Å². The number of benzene rings is 3. The summed E-state index contributed by atoms with van der Waals surface area (Å²) < 4.78 is 5.58. The number of anilines is 1. The van der Waals surface area contributed by atoms with E-state index in [9.17, 15) is 9.59 Å². The zero-order chi connectivity index (χ0) is 18.8. The first-order valence-corrected chi connectivity index (χ1v) is 9.27. The van der Waals surface area contributed by atoms with Crippen LogP contribution in [0.2, 0.25) is 0 Å². The minimum atomic E-state index is -0.833. The number of aryl methyl sites for hydroxylation is 2. The number of nitrogens with one attached hydrogen (secondary N) is 1. The number of para-hydroxylation sites is 1. The molecule has 0 bridgehead atoms. The molecule has 0 aliphatic heterocycles. The van der Waals surface area contributed by atoms with Crippen LogP contribution in [0.5, 0.6) is 0 Å². The van der Waals surface area contributed by atoms with Crippen LogP contribution in [0.25, 0.3) is 10.8 Å². The topological polar surface area (TPSA) is 55.4 Å². The van der Waals surface area contributed by atoms with Crippen LogP contribution in [0.3, 0.4) is 0 Å². The van der Waals surface area contributed by atoms with Crippen LogP contribution < -0.4 is 5.32 Å². The third kappa shape index (κ3) is 3.31. The summed E-state index contributed by atoms with van der Waals surface area (Å²) in [6.45, 7) is 1.83. The van der Waals surface area contributed by atoms with Crippen LogP contribution in [-0.2, 0) is 22.4 Å². The van der Waals surface area contributed by atoms with Crippen molar-refractivity contribution in [2.75, 3.05) is 5.32 Å². The SMILES string of the molecule is CCC(OC(=O)c1ccc2c3c(cccc13)CC2)C(=O)Nc1ccccc1. The average Bonchev–Trinajstić information content (AvgIpc) is 3.12. The third-order valence-electron chi connectivity index (χ3n) is 5.05. The van der Waals surface area contributed by atoms with Gasteiger partial charge in [0.15, 0.2) is 6.10 Å². The van der Waals surface area contributed by atoms with E-state index in [-0.39, 0.29) is 5.91 Å². The summed E-state index contributed by atoms with van der Waals surface area (Å²) in [4.78, 5) is 25.3. The van der Waals surface area contributed by atoms with Crippen LogP contribution in [0.15, 0.2) is 60.7 Å². The van der Waals surface area contributed by atoms with Gasteiger partial charge >= 0.3 is 5.97 Å². The van der Waals surface area contributed by atoms with Crippen molar-refractivity contribution in [3.63, 3.8) is 0 Å². The Labute approximate surface area is 158 Å². The third-order valence-corrected chi connectivity index (χ3v) is 5.05. The van der Waals surface area contributed by atoms with Gasteiger partial charge < -0.3 is 10.1 Å². The van der Waals surface area contributed by atoms with E-state index in [1.807, 2.05) is 49.4 Å². The molecule has 0 radical (unpaired) electrons. The van der Waals surface area contributed by atoms with E-state index < -0.39 is 12.1 Å². The Morgan fingerprint density at radius 1 is 0.963 bits per heavy atom. The minimum Gasteiger partial charge on any atom is -0.449 e. The van der Waals surface area contributed by atoms with Crippen LogP contribution in [0, 0.1) is 0 Å². The Balaban J connectivity index is 1.56. The average molecular weight is 359 g/mol. The minimum absolute atomic E-state index is 0.317. The summed E-state index contributed by atoms with van der Waals surface area (Å²) in [5.74, 6) is -0.774. The summed E-state index contributed by atoms with van der Waals surface area (Å²) in [5.41, 5.74) is 3.74. The van der Waals surface area contributed by atoms with Crippen molar-refractivity contribution in [3.8, 4) is 0 Å². The van der Waals surface area contributed by atoms with Crippen LogP contribution in [0.4, 0.5) is 5.69 Å². The maximum absolute atomic E-state index is 12.8. The van der Waals surface area contributed by atoms with Crippen LogP contribution in [-0.4, -0.2) is 18.0 Å². The maximum atomic E-state index is 12.8. The molecule has 3 aromatic rings. The molecule has 27 heavy (non-hydrogen) atoms. The van der Waals surface area contributed by atoms with Crippen molar-refractivity contribution in [1.29, 1.82) is 0 Å². The molecular weight excluding hydrogens is 338 g/mol. The van der Waals surface area contributed by atoms with Crippen molar-refractivity contribution in [2.45, 2.75) is 32.3 Å². The number of esters is 1. The maximum Gasteiger partial charge on any atom is 0.339 e. The first kappa shape index (κ1) is 17.3. The van der Waals surface area contributed by atoms with Gasteiger partial charge in [-0.1, -0.05) is 49.4 Å². The lowest BCUT2D eigenvalue weighted by Crippen LogP contribution is -2.32. The highest BCUT2D eigenvalue weighted by atomic mass is 16.5. The predicted octanol–water partition coefficient (Wildman–Crippen LogP) is 4.51. The molecule has 3 aromatic carbocycles. The number of carbonyl (C=O) groups is 2. The van der Waals surface area contributed by atoms with E-state index in [1.165, 1.54) is 11.1 Å². The first-order valence-electron chi connectivity index (χ1n) is 9.27. The molecule has 1 aliphatic carbocycles. The molecule has 0 fully saturated rings. The molecule has 1 amide bonds. The van der Waals surface area contributed by atoms with E-state index in [2.05, 4.69) is 11.4 Å². The molecule has 4 rings (SSSR count). The molecule has 0 aromatic heterocycles. The molecular formula is C23H21NO3. The Bertz CT molecular complexity index is 1000. The van der Waals surface area contributed by atoms with Crippen LogP contribution in [0.1, 0.15) is 34.8 Å². The van der Waals surface area contributed by atoms with Gasteiger partial charge in [0, 0.05) is 5.69 Å². The highest BCUT2D eigenvalue weighted by Crippen LogP contribution is 2.33. The highest BCUT2D eigenvalue weighted by Gasteiger charge is 2.25. The standard InChI is InChI=1S/C23H21NO3/c1-2-20(22(25)24-17-8-4-3-5-9-17)27-23(26)19-14-13-16-12-11-15-7-6-10-18(19)21(15)16/h3-10,13-14,20H,2,11-12H2,1H3,(H,24,25). The van der Waals surface area contributed by atoms with E-state index in [0.29, 0.717) is 17.7 Å². The lowest BCUT2D eigenvalue weighted by molar-refractivity contribution is -0.124. The molecule has 0 saturated carbocycles. The molecule has 1 aliphatic rings. The number of ether oxygens (including phenoxy) is 1. The Morgan fingerprint density at radius 2 is 1.70 bits per heavy atom. The second kappa shape index (κ2) is 7.23. The number of amides is 1. The first-order chi connectivity index (χ1) is 13.2. The van der Waals surface area contributed by atoms with Gasteiger partial charge in [-0.05, 0) is 59.4 Å². The summed E-state index contributed by atoms with van der Waals surface area (Å²) in [6.07, 6.45) is 1.58. The molecule has 1 atom stereocenters. The second-order valence-electron chi connectivity index (χ2n) is 6.77. The summed E-state index contributed by atoms with van der Waals surface area (Å²) in [5, 5.41) is 4.87. The fourth-order valence-electron chi connectivity index (χ4n) is 3.68. The van der Waals surface area contributed by atoms with Gasteiger partial charge in [-0.15, -0.1) is 0 Å². The predicted molar refractivity (Wildman–Crippen MR) is 106 cm³/mol. The van der Waals surface area contributed by atoms with Gasteiger partial charge in [0.2, 0.25) is 0 Å². The Morgan fingerprint density at radius 3 is 2.44 bits per heavy atom. The molecule has 1 unspecified atom stereocenters. The number of rotatable bonds is 5. The van der Waals surface area contributed by atoms with Crippen molar-refractivity contribution in [1.82, 2.24) is 0 Å². The van der Waals surface area contributed by atoms with Crippen molar-refractivity contribution >= 4 is 28.3 Å². The molecule has 0 heterocycles. The van der Waals surface area contributed by atoms with Crippen molar-refractivity contribution < 1.29 is 14.3 Å². The van der Waals surface area contributed by atoms with Crippen molar-refractivity contribution in [2.24, 2.45) is 0 Å². The number of hydrogen-bond acceptors (Lipinski definition) is 3. The molecule has 136 valence electrons. The molecule has 0 saturated heterocycles. The zero-order valence-corrected chi connectivity index (χ0v) is 15.2. The summed E-state index contributed by atoms with van der Waals surface area (Å²) >= 11 is 0. The number of carbonyl (C=O) groups excluding carboxylic acids is 2. The highest BCUT2D eigenvalue weighted by molar-refractivity contribution is 6.08. The molecule has 1 N–H and O–H groups in total. The monoisotopic (exact) mass is 359 g/mol. The quantitative estimate of drug-likeness (QED) is 0.682. The van der Waals surface area contributed by atoms with Gasteiger partial charge in [-0.25, -0.2) is 4.79 Å². The molecule has 0 spiro atoms. The number of hydrogen-bond donors (Lipinski definition) is 1. The van der Waals surface area contributed by atoms with Gasteiger partial charge in [0.25, 0.3) is 5.91 Å². The van der Waals surface area contributed by atoms with Gasteiger partial charge in [0.1, 0.15) is 0 Å². The van der Waals surface area contributed by atoms with E-state index in [4.69, 9.17) is 4.74 Å². The lowest BCUT2D eigenvalue weighted by atomic mass is 10.00. The Kier molecular flexibility index (Phi) is 4.63. The fourth-order valence-corrected chi connectivity index (χ4v) is 3.68. The molecule has 4 heteroatoms. The van der Waals surface area contributed by atoms with E-state index >= 15 is 0 Å². The molecule has 4 nitrogen and oxygen atoms in total. The largest absolute Gasteiger partial charge is 0.449 e. The van der Waals surface area contributed by atoms with Gasteiger partial charge in [0.05, 0.1) is 5.56 Å². The van der Waals surface area contributed by atoms with Crippen LogP contribution >= 0.6 is 0 Å². The second-order valence-corrected chi connectivity index (χ2v) is 6.77.